The number of hydrogen-bond donors (Lipinski definition) is 0. The van der Waals surface area contributed by atoms with Gasteiger partial charge in [0.25, 0.3) is 0 Å². The number of fused-ring (bicyclic) bond motifs is 1. The molecule has 4 rings (SSSR count). The molecular weight excluding hydrogens is 327 g/mol. The van der Waals surface area contributed by atoms with Crippen molar-refractivity contribution in [2.45, 2.75) is 6.42 Å². The molecule has 126 valence electrons. The number of hydrogen-bond acceptors (Lipinski definition) is 3. The van der Waals surface area contributed by atoms with Crippen LogP contribution >= 0.6 is 0 Å². The van der Waals surface area contributed by atoms with Crippen LogP contribution < -0.4 is 0 Å². The number of halogens is 1. The van der Waals surface area contributed by atoms with Gasteiger partial charge in [0.2, 0.25) is 0 Å². The van der Waals surface area contributed by atoms with Crippen LogP contribution in [0, 0.1) is 5.82 Å². The molecule has 3 nitrogen and oxygen atoms in total. The van der Waals surface area contributed by atoms with Crippen LogP contribution in [0.2, 0.25) is 0 Å². The smallest absolute Gasteiger partial charge is 0.171 e. The molecular formula is C22H15FN2O. The predicted molar refractivity (Wildman–Crippen MR) is 99.4 cm³/mol. The molecule has 0 unspecified atom stereocenters. The second-order valence-corrected chi connectivity index (χ2v) is 5.96. The molecule has 0 saturated carbocycles. The summed E-state index contributed by atoms with van der Waals surface area (Å²) in [6, 6.07) is 23.2. The molecule has 4 aromatic rings. The van der Waals surface area contributed by atoms with Crippen LogP contribution in [0.25, 0.3) is 22.3 Å². The van der Waals surface area contributed by atoms with Gasteiger partial charge in [0.15, 0.2) is 11.6 Å². The first-order chi connectivity index (χ1) is 12.7. The zero-order valence-corrected chi connectivity index (χ0v) is 13.9. The Bertz CT molecular complexity index is 1090. The summed E-state index contributed by atoms with van der Waals surface area (Å²) in [7, 11) is 0. The van der Waals surface area contributed by atoms with Crippen LogP contribution in [0.3, 0.4) is 0 Å². The zero-order chi connectivity index (χ0) is 17.9. The van der Waals surface area contributed by atoms with Crippen molar-refractivity contribution in [3.63, 3.8) is 0 Å². The minimum atomic E-state index is -0.515. The van der Waals surface area contributed by atoms with Crippen molar-refractivity contribution in [3.05, 3.63) is 95.9 Å². The first-order valence-corrected chi connectivity index (χ1v) is 8.31. The number of aromatic nitrogens is 2. The summed E-state index contributed by atoms with van der Waals surface area (Å²) in [5.74, 6) is -0.259. The van der Waals surface area contributed by atoms with Crippen LogP contribution in [-0.4, -0.2) is 15.8 Å². The number of Topliss-reactive ketones (excluding diaryl/α,β-unsaturated/α-hetero) is 1. The van der Waals surface area contributed by atoms with Gasteiger partial charge in [-0.3, -0.25) is 4.79 Å². The molecule has 0 bridgehead atoms. The quantitative estimate of drug-likeness (QED) is 0.497. The van der Waals surface area contributed by atoms with Gasteiger partial charge >= 0.3 is 0 Å². The molecule has 0 N–H and O–H groups in total. The van der Waals surface area contributed by atoms with Gasteiger partial charge in [-0.2, -0.15) is 0 Å². The van der Waals surface area contributed by atoms with Crippen molar-refractivity contribution in [1.82, 2.24) is 9.97 Å². The highest BCUT2D eigenvalue weighted by atomic mass is 19.1. The highest BCUT2D eigenvalue weighted by Gasteiger charge is 2.16. The van der Waals surface area contributed by atoms with E-state index < -0.39 is 5.82 Å². The van der Waals surface area contributed by atoms with E-state index in [1.54, 1.807) is 12.1 Å². The number of para-hydroxylation sites is 1. The SMILES string of the molecule is O=C(Cc1nc(-c2ccccc2)nc2ccccc12)c1ccccc1F. The van der Waals surface area contributed by atoms with Crippen molar-refractivity contribution in [1.29, 1.82) is 0 Å². The van der Waals surface area contributed by atoms with Crippen LogP contribution in [0.4, 0.5) is 4.39 Å². The Hall–Kier alpha value is -3.40. The van der Waals surface area contributed by atoms with E-state index in [1.807, 2.05) is 54.6 Å². The molecule has 26 heavy (non-hydrogen) atoms. The number of carbonyl (C=O) groups excluding carboxylic acids is 1. The molecule has 0 radical (unpaired) electrons. The molecule has 0 fully saturated rings. The van der Waals surface area contributed by atoms with Gasteiger partial charge in [-0.15, -0.1) is 0 Å². The third-order valence-electron chi connectivity index (χ3n) is 4.22. The maximum absolute atomic E-state index is 13.9. The number of carbonyl (C=O) groups is 1. The first-order valence-electron chi connectivity index (χ1n) is 8.31. The number of nitrogens with zero attached hydrogens (tertiary/aromatic N) is 2. The molecule has 0 aliphatic carbocycles. The van der Waals surface area contributed by atoms with E-state index in [2.05, 4.69) is 9.97 Å². The fourth-order valence-electron chi connectivity index (χ4n) is 2.93. The first kappa shape index (κ1) is 16.1. The molecule has 0 amide bonds. The number of benzene rings is 3. The Kier molecular flexibility index (Phi) is 4.23. The molecule has 1 heterocycles. The lowest BCUT2D eigenvalue weighted by molar-refractivity contribution is 0.0988. The molecule has 0 aliphatic rings. The summed E-state index contributed by atoms with van der Waals surface area (Å²) in [4.78, 5) is 21.8. The Morgan fingerprint density at radius 3 is 2.31 bits per heavy atom. The second-order valence-electron chi connectivity index (χ2n) is 5.96. The second kappa shape index (κ2) is 6.84. The zero-order valence-electron chi connectivity index (χ0n) is 13.9. The summed E-state index contributed by atoms with van der Waals surface area (Å²) >= 11 is 0. The van der Waals surface area contributed by atoms with Gasteiger partial charge in [0, 0.05) is 10.9 Å². The third kappa shape index (κ3) is 3.09. The van der Waals surface area contributed by atoms with Gasteiger partial charge in [-0.1, -0.05) is 60.7 Å². The van der Waals surface area contributed by atoms with Crippen LogP contribution in [0.15, 0.2) is 78.9 Å². The molecule has 0 atom stereocenters. The summed E-state index contributed by atoms with van der Waals surface area (Å²) in [6.45, 7) is 0. The molecule has 0 aliphatic heterocycles. The minimum Gasteiger partial charge on any atom is -0.294 e. The summed E-state index contributed by atoms with van der Waals surface area (Å²) in [5, 5.41) is 0.803. The van der Waals surface area contributed by atoms with Crippen LogP contribution in [0.1, 0.15) is 16.1 Å². The van der Waals surface area contributed by atoms with E-state index in [0.29, 0.717) is 11.5 Å². The van der Waals surface area contributed by atoms with Crippen molar-refractivity contribution < 1.29 is 9.18 Å². The normalized spacial score (nSPS) is 10.8. The Labute approximate surface area is 150 Å². The maximum Gasteiger partial charge on any atom is 0.171 e. The van der Waals surface area contributed by atoms with Gasteiger partial charge in [-0.05, 0) is 18.2 Å². The van der Waals surface area contributed by atoms with Crippen LogP contribution in [-0.2, 0) is 6.42 Å². The fourth-order valence-corrected chi connectivity index (χ4v) is 2.93. The lowest BCUT2D eigenvalue weighted by Gasteiger charge is -2.09. The topological polar surface area (TPSA) is 42.9 Å². The lowest BCUT2D eigenvalue weighted by atomic mass is 10.0. The maximum atomic E-state index is 13.9. The Morgan fingerprint density at radius 1 is 0.808 bits per heavy atom. The highest BCUT2D eigenvalue weighted by Crippen LogP contribution is 2.23. The Morgan fingerprint density at radius 2 is 1.50 bits per heavy atom. The van der Waals surface area contributed by atoms with Crippen molar-refractivity contribution >= 4 is 16.7 Å². The van der Waals surface area contributed by atoms with Crippen molar-refractivity contribution in [2.75, 3.05) is 0 Å². The highest BCUT2D eigenvalue weighted by molar-refractivity contribution is 5.99. The third-order valence-corrected chi connectivity index (χ3v) is 4.22. The fraction of sp³-hybridized carbons (Fsp3) is 0.0455. The van der Waals surface area contributed by atoms with E-state index in [9.17, 15) is 9.18 Å². The monoisotopic (exact) mass is 342 g/mol. The van der Waals surface area contributed by atoms with Crippen LogP contribution in [0.5, 0.6) is 0 Å². The number of rotatable bonds is 4. The largest absolute Gasteiger partial charge is 0.294 e. The van der Waals surface area contributed by atoms with Crippen molar-refractivity contribution in [2.24, 2.45) is 0 Å². The molecule has 3 aromatic carbocycles. The Balaban J connectivity index is 1.81. The summed E-state index contributed by atoms with van der Waals surface area (Å²) in [6.07, 6.45) is 0.0177. The predicted octanol–water partition coefficient (Wildman–Crippen LogP) is 4.86. The summed E-state index contributed by atoms with van der Waals surface area (Å²) < 4.78 is 13.9. The standard InChI is InChI=1S/C22H15FN2O/c23-18-12-6-4-10-16(18)21(26)14-20-17-11-5-7-13-19(17)24-22(25-20)15-8-2-1-3-9-15/h1-13H,14H2. The molecule has 0 spiro atoms. The minimum absolute atomic E-state index is 0.0177. The van der Waals surface area contributed by atoms with E-state index in [1.165, 1.54) is 12.1 Å². The molecule has 1 aromatic heterocycles. The average molecular weight is 342 g/mol. The van der Waals surface area contributed by atoms with E-state index in [0.717, 1.165) is 16.5 Å². The molecule has 0 saturated heterocycles. The van der Waals surface area contributed by atoms with Gasteiger partial charge in [0.1, 0.15) is 5.82 Å². The van der Waals surface area contributed by atoms with E-state index in [4.69, 9.17) is 0 Å². The van der Waals surface area contributed by atoms with Crippen molar-refractivity contribution in [3.8, 4) is 11.4 Å². The molecule has 4 heteroatoms. The lowest BCUT2D eigenvalue weighted by Crippen LogP contribution is -2.09. The average Bonchev–Trinajstić information content (AvgIpc) is 2.69. The summed E-state index contributed by atoms with van der Waals surface area (Å²) in [5.41, 5.74) is 2.31. The number of ketones is 1. The van der Waals surface area contributed by atoms with Gasteiger partial charge < -0.3 is 0 Å². The van der Waals surface area contributed by atoms with Gasteiger partial charge in [-0.25, -0.2) is 14.4 Å². The van der Waals surface area contributed by atoms with E-state index in [-0.39, 0.29) is 17.8 Å². The van der Waals surface area contributed by atoms with E-state index >= 15 is 0 Å². The van der Waals surface area contributed by atoms with Gasteiger partial charge in [0.05, 0.1) is 23.2 Å².